The van der Waals surface area contributed by atoms with E-state index in [1.807, 2.05) is 13.8 Å². The quantitative estimate of drug-likeness (QED) is 0.384. The molecule has 6 N–H and O–H groups in total. The van der Waals surface area contributed by atoms with Crippen LogP contribution >= 0.6 is 11.6 Å². The van der Waals surface area contributed by atoms with E-state index in [-0.39, 0.29) is 16.7 Å². The molecule has 7 nitrogen and oxygen atoms in total. The number of hydrazine groups is 1. The van der Waals surface area contributed by atoms with Crippen molar-refractivity contribution in [1.82, 2.24) is 16.1 Å². The molecule has 1 aromatic rings. The van der Waals surface area contributed by atoms with Gasteiger partial charge >= 0.3 is 0 Å². The molecule has 2 rings (SSSR count). The number of phenols is 1. The SMILES string of the molecule is CC(C)c1cc(O)c(Cl)cc1CC1=CNC(S(C)(=O)=O)NC1NN. The zero-order valence-corrected chi connectivity index (χ0v) is 15.4. The third-order valence-corrected chi connectivity index (χ3v) is 5.36. The first-order valence-electron chi connectivity index (χ1n) is 7.50. The van der Waals surface area contributed by atoms with Gasteiger partial charge in [-0.15, -0.1) is 0 Å². The molecule has 0 radical (unpaired) electrons. The highest BCUT2D eigenvalue weighted by Crippen LogP contribution is 2.32. The highest BCUT2D eigenvalue weighted by Gasteiger charge is 2.29. The van der Waals surface area contributed by atoms with Gasteiger partial charge < -0.3 is 10.4 Å². The van der Waals surface area contributed by atoms with Crippen molar-refractivity contribution in [1.29, 1.82) is 0 Å². The first-order valence-corrected chi connectivity index (χ1v) is 9.84. The topological polar surface area (TPSA) is 116 Å². The molecule has 1 aromatic carbocycles. The molecule has 2 unspecified atom stereocenters. The predicted molar refractivity (Wildman–Crippen MR) is 95.0 cm³/mol. The van der Waals surface area contributed by atoms with Crippen LogP contribution in [-0.2, 0) is 16.3 Å². The van der Waals surface area contributed by atoms with E-state index >= 15 is 0 Å². The van der Waals surface area contributed by atoms with Crippen LogP contribution in [0, 0.1) is 0 Å². The second kappa shape index (κ2) is 7.28. The Morgan fingerprint density at radius 1 is 1.42 bits per heavy atom. The van der Waals surface area contributed by atoms with Crippen LogP contribution < -0.4 is 21.9 Å². The lowest BCUT2D eigenvalue weighted by Crippen LogP contribution is -2.60. The Bertz CT molecular complexity index is 749. The highest BCUT2D eigenvalue weighted by atomic mass is 35.5. The molecule has 0 aliphatic carbocycles. The lowest BCUT2D eigenvalue weighted by Gasteiger charge is -2.32. The Morgan fingerprint density at radius 3 is 2.62 bits per heavy atom. The molecule has 1 aliphatic heterocycles. The van der Waals surface area contributed by atoms with Crippen LogP contribution in [0.25, 0.3) is 0 Å². The molecule has 0 saturated heterocycles. The molecule has 134 valence electrons. The van der Waals surface area contributed by atoms with Gasteiger partial charge in [-0.25, -0.2) is 13.8 Å². The number of aromatic hydroxyl groups is 1. The van der Waals surface area contributed by atoms with Crippen molar-refractivity contribution >= 4 is 21.4 Å². The molecule has 0 bridgehead atoms. The number of nitrogens with two attached hydrogens (primary N) is 1. The first kappa shape index (κ1) is 19.0. The Balaban J connectivity index is 2.33. The van der Waals surface area contributed by atoms with Gasteiger partial charge in [-0.05, 0) is 41.2 Å². The molecule has 0 amide bonds. The zero-order chi connectivity index (χ0) is 18.1. The maximum absolute atomic E-state index is 11.7. The van der Waals surface area contributed by atoms with Gasteiger partial charge in [-0.1, -0.05) is 25.4 Å². The summed E-state index contributed by atoms with van der Waals surface area (Å²) in [5, 5.41) is 15.8. The van der Waals surface area contributed by atoms with Gasteiger partial charge in [0, 0.05) is 12.5 Å². The van der Waals surface area contributed by atoms with Gasteiger partial charge in [0.25, 0.3) is 0 Å². The molecular weight excluding hydrogens is 352 g/mol. The van der Waals surface area contributed by atoms with Crippen LogP contribution in [0.3, 0.4) is 0 Å². The molecule has 2 atom stereocenters. The monoisotopic (exact) mass is 374 g/mol. The van der Waals surface area contributed by atoms with Crippen molar-refractivity contribution in [3.63, 3.8) is 0 Å². The predicted octanol–water partition coefficient (Wildman–Crippen LogP) is 0.906. The molecule has 0 saturated carbocycles. The Labute approximate surface area is 147 Å². The first-order chi connectivity index (χ1) is 11.1. The molecule has 0 spiro atoms. The highest BCUT2D eigenvalue weighted by molar-refractivity contribution is 7.91. The summed E-state index contributed by atoms with van der Waals surface area (Å²) >= 11 is 6.04. The molecule has 24 heavy (non-hydrogen) atoms. The number of halogens is 1. The molecule has 0 fully saturated rings. The van der Waals surface area contributed by atoms with E-state index in [0.717, 1.165) is 23.0 Å². The van der Waals surface area contributed by atoms with E-state index in [9.17, 15) is 13.5 Å². The summed E-state index contributed by atoms with van der Waals surface area (Å²) in [5.74, 6) is 5.80. The number of hydrogen-bond donors (Lipinski definition) is 5. The molecule has 1 heterocycles. The lowest BCUT2D eigenvalue weighted by atomic mass is 9.92. The van der Waals surface area contributed by atoms with Crippen LogP contribution in [-0.4, -0.2) is 31.4 Å². The van der Waals surface area contributed by atoms with Crippen molar-refractivity contribution in [2.24, 2.45) is 5.84 Å². The second-order valence-electron chi connectivity index (χ2n) is 6.20. The molecule has 9 heteroatoms. The van der Waals surface area contributed by atoms with Crippen molar-refractivity contribution in [2.45, 2.75) is 37.8 Å². The molecule has 0 aromatic heterocycles. The average Bonchev–Trinajstić information content (AvgIpc) is 2.49. The van der Waals surface area contributed by atoms with Crippen molar-refractivity contribution in [3.05, 3.63) is 40.1 Å². The number of benzene rings is 1. The van der Waals surface area contributed by atoms with Crippen molar-refractivity contribution in [2.75, 3.05) is 6.26 Å². The second-order valence-corrected chi connectivity index (χ2v) is 8.73. The fraction of sp³-hybridized carbons (Fsp3) is 0.467. The third-order valence-electron chi connectivity index (χ3n) is 3.93. The summed E-state index contributed by atoms with van der Waals surface area (Å²) in [6.45, 7) is 4.05. The summed E-state index contributed by atoms with van der Waals surface area (Å²) in [6.07, 6.45) is 2.79. The molecule has 1 aliphatic rings. The summed E-state index contributed by atoms with van der Waals surface area (Å²) < 4.78 is 23.3. The van der Waals surface area contributed by atoms with E-state index in [0.29, 0.717) is 6.42 Å². The van der Waals surface area contributed by atoms with Crippen LogP contribution in [0.4, 0.5) is 0 Å². The minimum Gasteiger partial charge on any atom is -0.506 e. The summed E-state index contributed by atoms with van der Waals surface area (Å²) in [6, 6.07) is 3.39. The van der Waals surface area contributed by atoms with Crippen LogP contribution in [0.15, 0.2) is 23.9 Å². The number of nitrogens with one attached hydrogen (secondary N) is 3. The maximum Gasteiger partial charge on any atom is 0.183 e. The van der Waals surface area contributed by atoms with E-state index in [4.69, 9.17) is 17.4 Å². The van der Waals surface area contributed by atoms with Crippen LogP contribution in [0.2, 0.25) is 5.02 Å². The van der Waals surface area contributed by atoms with Crippen LogP contribution in [0.1, 0.15) is 30.9 Å². The fourth-order valence-corrected chi connectivity index (χ4v) is 3.54. The van der Waals surface area contributed by atoms with Crippen molar-refractivity contribution in [3.8, 4) is 5.75 Å². The van der Waals surface area contributed by atoms with Gasteiger partial charge in [0.1, 0.15) is 5.75 Å². The minimum atomic E-state index is -3.32. The minimum absolute atomic E-state index is 0.0450. The number of phenolic OH excluding ortho intramolecular Hbond substituents is 1. The number of rotatable bonds is 5. The van der Waals surface area contributed by atoms with Gasteiger partial charge in [0.2, 0.25) is 0 Å². The van der Waals surface area contributed by atoms with Gasteiger partial charge in [-0.3, -0.25) is 11.2 Å². The largest absolute Gasteiger partial charge is 0.506 e. The van der Waals surface area contributed by atoms with Gasteiger partial charge in [0.15, 0.2) is 15.3 Å². The van der Waals surface area contributed by atoms with E-state index < -0.39 is 21.5 Å². The van der Waals surface area contributed by atoms with Gasteiger partial charge in [-0.2, -0.15) is 0 Å². The average molecular weight is 375 g/mol. The normalized spacial score (nSPS) is 21.5. The fourth-order valence-electron chi connectivity index (χ4n) is 2.66. The van der Waals surface area contributed by atoms with E-state index in [1.165, 1.54) is 0 Å². The Hall–Kier alpha value is -1.32. The molecular formula is C15H23ClN4O3S. The lowest BCUT2D eigenvalue weighted by molar-refractivity contribution is 0.409. The summed E-state index contributed by atoms with van der Waals surface area (Å²) in [4.78, 5) is 0. The number of sulfone groups is 1. The van der Waals surface area contributed by atoms with Crippen molar-refractivity contribution < 1.29 is 13.5 Å². The maximum atomic E-state index is 11.7. The zero-order valence-electron chi connectivity index (χ0n) is 13.8. The Morgan fingerprint density at radius 2 is 2.08 bits per heavy atom. The van der Waals surface area contributed by atoms with E-state index in [2.05, 4.69) is 16.1 Å². The Kier molecular flexibility index (Phi) is 5.77. The standard InChI is InChI=1S/C15H23ClN4O3S/c1-8(2)11-6-13(21)12(16)5-9(11)4-10-7-18-15(24(3,22)23)19-14(10)20-17/h5-8,14-15,18-21H,4,17H2,1-3H3. The third kappa shape index (κ3) is 4.20. The van der Waals surface area contributed by atoms with E-state index in [1.54, 1.807) is 18.3 Å². The van der Waals surface area contributed by atoms with Gasteiger partial charge in [0.05, 0.1) is 11.2 Å². The van der Waals surface area contributed by atoms with Crippen LogP contribution in [0.5, 0.6) is 5.75 Å². The smallest absolute Gasteiger partial charge is 0.183 e. The number of hydrogen-bond acceptors (Lipinski definition) is 7. The summed E-state index contributed by atoms with van der Waals surface area (Å²) in [7, 11) is -3.32. The summed E-state index contributed by atoms with van der Waals surface area (Å²) in [5.41, 5.74) is 4.43.